The molecule has 6 nitrogen and oxygen atoms in total. The maximum Gasteiger partial charge on any atom is 0.137 e. The summed E-state index contributed by atoms with van der Waals surface area (Å²) in [5.74, 6) is 0.812. The van der Waals surface area contributed by atoms with Crippen LogP contribution in [0.4, 0.5) is 0 Å². The lowest BCUT2D eigenvalue weighted by Crippen LogP contribution is -2.39. The van der Waals surface area contributed by atoms with Crippen molar-refractivity contribution in [3.8, 4) is 5.75 Å². The molecule has 0 saturated carbocycles. The van der Waals surface area contributed by atoms with Crippen molar-refractivity contribution in [2.45, 2.75) is 51.9 Å². The zero-order valence-electron chi connectivity index (χ0n) is 14.4. The van der Waals surface area contributed by atoms with E-state index < -0.39 is 0 Å². The Morgan fingerprint density at radius 1 is 1.33 bits per heavy atom. The van der Waals surface area contributed by atoms with Crippen LogP contribution in [0.2, 0.25) is 0 Å². The van der Waals surface area contributed by atoms with Gasteiger partial charge in [0.25, 0.3) is 0 Å². The third kappa shape index (κ3) is 4.13. The molecule has 0 spiro atoms. The summed E-state index contributed by atoms with van der Waals surface area (Å²) in [6.45, 7) is 7.12. The highest BCUT2D eigenvalue weighted by molar-refractivity contribution is 5.20. The van der Waals surface area contributed by atoms with Crippen molar-refractivity contribution in [1.29, 1.82) is 0 Å². The molecule has 0 bridgehead atoms. The molecule has 1 N–H and O–H groups in total. The number of hydrogen-bond donors (Lipinski definition) is 1. The highest BCUT2D eigenvalue weighted by atomic mass is 16.5. The number of nitrogens with zero attached hydrogens (tertiary/aromatic N) is 3. The number of aryl methyl sites for hydroxylation is 1. The lowest BCUT2D eigenvalue weighted by atomic mass is 9.98. The van der Waals surface area contributed by atoms with Crippen molar-refractivity contribution in [3.63, 3.8) is 0 Å². The highest BCUT2D eigenvalue weighted by Crippen LogP contribution is 2.28. The largest absolute Gasteiger partial charge is 0.492 e. The van der Waals surface area contributed by atoms with Crippen LogP contribution in [0.5, 0.6) is 5.75 Å². The molecule has 3 heterocycles. The van der Waals surface area contributed by atoms with Crippen LogP contribution < -0.4 is 10.1 Å². The van der Waals surface area contributed by atoms with E-state index in [2.05, 4.69) is 28.5 Å². The molecule has 0 radical (unpaired) electrons. The first-order chi connectivity index (χ1) is 11.8. The highest BCUT2D eigenvalue weighted by Gasteiger charge is 2.28. The predicted octanol–water partition coefficient (Wildman–Crippen LogP) is 2.71. The Hall–Kier alpha value is -1.92. The van der Waals surface area contributed by atoms with Gasteiger partial charge in [-0.3, -0.25) is 9.67 Å². The van der Waals surface area contributed by atoms with Gasteiger partial charge in [-0.25, -0.2) is 0 Å². The Morgan fingerprint density at radius 3 is 2.96 bits per heavy atom. The van der Waals surface area contributed by atoms with Gasteiger partial charge in [-0.05, 0) is 38.8 Å². The van der Waals surface area contributed by atoms with Gasteiger partial charge in [-0.2, -0.15) is 5.10 Å². The minimum Gasteiger partial charge on any atom is -0.492 e. The summed E-state index contributed by atoms with van der Waals surface area (Å²) in [6, 6.07) is 4.25. The summed E-state index contributed by atoms with van der Waals surface area (Å²) >= 11 is 0. The second kappa shape index (κ2) is 8.26. The molecule has 1 aliphatic heterocycles. The van der Waals surface area contributed by atoms with E-state index in [-0.39, 0.29) is 12.1 Å². The fourth-order valence-electron chi connectivity index (χ4n) is 3.02. The number of aromatic nitrogens is 3. The van der Waals surface area contributed by atoms with Gasteiger partial charge < -0.3 is 14.8 Å². The lowest BCUT2D eigenvalue weighted by Gasteiger charge is -2.32. The van der Waals surface area contributed by atoms with Crippen molar-refractivity contribution in [2.24, 2.45) is 0 Å². The van der Waals surface area contributed by atoms with E-state index in [1.807, 2.05) is 29.9 Å². The van der Waals surface area contributed by atoms with Crippen molar-refractivity contribution in [1.82, 2.24) is 20.1 Å². The molecule has 6 heteroatoms. The molecule has 0 unspecified atom stereocenters. The predicted molar refractivity (Wildman–Crippen MR) is 91.9 cm³/mol. The lowest BCUT2D eigenvalue weighted by molar-refractivity contribution is -0.0113. The van der Waals surface area contributed by atoms with Gasteiger partial charge in [0.1, 0.15) is 11.9 Å². The van der Waals surface area contributed by atoms with E-state index in [0.29, 0.717) is 6.61 Å². The number of ether oxygens (including phenoxy) is 2. The topological polar surface area (TPSA) is 61.2 Å². The molecule has 130 valence electrons. The smallest absolute Gasteiger partial charge is 0.137 e. The molecule has 2 aromatic heterocycles. The van der Waals surface area contributed by atoms with Crippen LogP contribution in [-0.4, -0.2) is 34.0 Å². The standard InChI is InChI=1S/C18H26N4O2/c1-3-22-13-14(10-21-22)18-17(6-5-9-24-18)20-11-15-7-8-16(12-19-15)23-4-2/h7-8,10,12-13,17-18,20H,3-6,9,11H2,1-2H3/t17-,18+/m0/s1. The minimum absolute atomic E-state index is 0.0572. The first kappa shape index (κ1) is 16.9. The Kier molecular flexibility index (Phi) is 5.82. The average Bonchev–Trinajstić information content (AvgIpc) is 3.11. The zero-order valence-corrected chi connectivity index (χ0v) is 14.4. The summed E-state index contributed by atoms with van der Waals surface area (Å²) < 4.78 is 13.4. The van der Waals surface area contributed by atoms with Gasteiger partial charge in [0, 0.05) is 37.5 Å². The van der Waals surface area contributed by atoms with Crippen molar-refractivity contribution < 1.29 is 9.47 Å². The summed E-state index contributed by atoms with van der Waals surface area (Å²) in [5, 5.41) is 7.97. The molecule has 3 rings (SSSR count). The molecular formula is C18H26N4O2. The van der Waals surface area contributed by atoms with E-state index in [0.717, 1.165) is 49.5 Å². The van der Waals surface area contributed by atoms with E-state index in [1.165, 1.54) is 0 Å². The molecule has 24 heavy (non-hydrogen) atoms. The third-order valence-electron chi connectivity index (χ3n) is 4.28. The van der Waals surface area contributed by atoms with Crippen LogP contribution in [0.1, 0.15) is 44.1 Å². The van der Waals surface area contributed by atoms with E-state index >= 15 is 0 Å². The van der Waals surface area contributed by atoms with Crippen LogP contribution in [0, 0.1) is 0 Å². The fraction of sp³-hybridized carbons (Fsp3) is 0.556. The number of rotatable bonds is 7. The summed E-state index contributed by atoms with van der Waals surface area (Å²) in [7, 11) is 0. The average molecular weight is 330 g/mol. The molecule has 0 aliphatic carbocycles. The Morgan fingerprint density at radius 2 is 2.25 bits per heavy atom. The molecule has 1 saturated heterocycles. The van der Waals surface area contributed by atoms with Crippen LogP contribution in [0.3, 0.4) is 0 Å². The SMILES string of the molecule is CCOc1ccc(CN[C@H]2CCCO[C@@H]2c2cnn(CC)c2)nc1. The zero-order chi connectivity index (χ0) is 16.8. The quantitative estimate of drug-likeness (QED) is 0.846. The van der Waals surface area contributed by atoms with Crippen molar-refractivity contribution >= 4 is 0 Å². The van der Waals surface area contributed by atoms with Crippen LogP contribution in [0.15, 0.2) is 30.7 Å². The molecule has 2 atom stereocenters. The second-order valence-corrected chi connectivity index (χ2v) is 5.97. The van der Waals surface area contributed by atoms with Gasteiger partial charge >= 0.3 is 0 Å². The van der Waals surface area contributed by atoms with Gasteiger partial charge in [-0.15, -0.1) is 0 Å². The number of hydrogen-bond acceptors (Lipinski definition) is 5. The van der Waals surface area contributed by atoms with Gasteiger partial charge in [0.05, 0.1) is 24.7 Å². The number of pyridine rings is 1. The Bertz CT molecular complexity index is 626. The van der Waals surface area contributed by atoms with Crippen molar-refractivity contribution in [2.75, 3.05) is 13.2 Å². The van der Waals surface area contributed by atoms with Crippen LogP contribution in [0.25, 0.3) is 0 Å². The van der Waals surface area contributed by atoms with Crippen LogP contribution in [-0.2, 0) is 17.8 Å². The van der Waals surface area contributed by atoms with Crippen molar-refractivity contribution in [3.05, 3.63) is 42.0 Å². The molecule has 0 aromatic carbocycles. The number of nitrogens with one attached hydrogen (secondary N) is 1. The van der Waals surface area contributed by atoms with E-state index in [4.69, 9.17) is 9.47 Å². The second-order valence-electron chi connectivity index (χ2n) is 5.97. The fourth-order valence-corrected chi connectivity index (χ4v) is 3.02. The molecule has 1 fully saturated rings. The maximum absolute atomic E-state index is 6.02. The van der Waals surface area contributed by atoms with Gasteiger partial charge in [-0.1, -0.05) is 0 Å². The minimum atomic E-state index is 0.0572. The van der Waals surface area contributed by atoms with E-state index in [9.17, 15) is 0 Å². The van der Waals surface area contributed by atoms with Gasteiger partial charge in [0.2, 0.25) is 0 Å². The van der Waals surface area contributed by atoms with Crippen LogP contribution >= 0.6 is 0 Å². The summed E-state index contributed by atoms with van der Waals surface area (Å²) in [5.41, 5.74) is 2.15. The molecular weight excluding hydrogens is 304 g/mol. The van der Waals surface area contributed by atoms with E-state index in [1.54, 1.807) is 6.20 Å². The van der Waals surface area contributed by atoms with Gasteiger partial charge in [0.15, 0.2) is 0 Å². The molecule has 1 aliphatic rings. The third-order valence-corrected chi connectivity index (χ3v) is 4.28. The Labute approximate surface area is 143 Å². The molecule has 2 aromatic rings. The summed E-state index contributed by atoms with van der Waals surface area (Å²) in [6.07, 6.45) is 8.01. The normalized spacial score (nSPS) is 20.9. The molecule has 0 amide bonds. The maximum atomic E-state index is 6.02. The summed E-state index contributed by atoms with van der Waals surface area (Å²) in [4.78, 5) is 4.45. The first-order valence-corrected chi connectivity index (χ1v) is 8.75. The first-order valence-electron chi connectivity index (χ1n) is 8.75. The monoisotopic (exact) mass is 330 g/mol. The Balaban J connectivity index is 1.61.